The third-order valence-corrected chi connectivity index (χ3v) is 5.12. The fourth-order valence-electron chi connectivity index (χ4n) is 3.25. The molecule has 0 saturated heterocycles. The minimum absolute atomic E-state index is 0.546. The van der Waals surface area contributed by atoms with Gasteiger partial charge in [0.15, 0.2) is 5.96 Å². The molecule has 0 aliphatic heterocycles. The lowest BCUT2D eigenvalue weighted by molar-refractivity contribution is 0.377. The van der Waals surface area contributed by atoms with Crippen LogP contribution in [0, 0.1) is 0 Å². The van der Waals surface area contributed by atoms with E-state index in [0.717, 1.165) is 28.6 Å². The Bertz CT molecular complexity index is 1170. The highest BCUT2D eigenvalue weighted by molar-refractivity contribution is 6.30. The summed E-state index contributed by atoms with van der Waals surface area (Å²) in [6, 6.07) is 17.5. The van der Waals surface area contributed by atoms with E-state index in [-0.39, 0.29) is 0 Å². The van der Waals surface area contributed by atoms with Crippen LogP contribution in [0.25, 0.3) is 22.6 Å². The summed E-state index contributed by atoms with van der Waals surface area (Å²) < 4.78 is 5.36. The van der Waals surface area contributed by atoms with Gasteiger partial charge in [-0.1, -0.05) is 47.1 Å². The molecule has 0 saturated carbocycles. The van der Waals surface area contributed by atoms with Gasteiger partial charge >= 0.3 is 0 Å². The van der Waals surface area contributed by atoms with Crippen molar-refractivity contribution in [2.75, 3.05) is 20.6 Å². The lowest BCUT2D eigenvalue weighted by Crippen LogP contribution is -2.39. The van der Waals surface area contributed by atoms with Crippen LogP contribution in [0.2, 0.25) is 5.02 Å². The van der Waals surface area contributed by atoms with Gasteiger partial charge < -0.3 is 19.7 Å². The molecule has 2 heterocycles. The molecule has 2 aromatic carbocycles. The summed E-state index contributed by atoms with van der Waals surface area (Å²) in [5, 5.41) is 8.03. The zero-order valence-electron chi connectivity index (χ0n) is 17.9. The summed E-state index contributed by atoms with van der Waals surface area (Å²) in [4.78, 5) is 18.7. The van der Waals surface area contributed by atoms with E-state index in [2.05, 4.69) is 42.6 Å². The molecule has 8 nitrogen and oxygen atoms in total. The predicted octanol–water partition coefficient (Wildman–Crippen LogP) is 4.03. The van der Waals surface area contributed by atoms with Gasteiger partial charge in [-0.05, 0) is 29.8 Å². The van der Waals surface area contributed by atoms with Crippen LogP contribution in [0.1, 0.15) is 11.7 Å². The number of aromatic amines is 1. The van der Waals surface area contributed by atoms with Crippen molar-refractivity contribution in [2.45, 2.75) is 13.0 Å². The molecule has 0 spiro atoms. The van der Waals surface area contributed by atoms with Crippen LogP contribution >= 0.6 is 11.6 Å². The van der Waals surface area contributed by atoms with Crippen LogP contribution in [0.3, 0.4) is 0 Å². The Kier molecular flexibility index (Phi) is 6.81. The quantitative estimate of drug-likeness (QED) is 0.326. The molecule has 4 aromatic rings. The van der Waals surface area contributed by atoms with Crippen molar-refractivity contribution in [3.8, 4) is 22.6 Å². The summed E-state index contributed by atoms with van der Waals surface area (Å²) >= 11 is 5.93. The van der Waals surface area contributed by atoms with E-state index < -0.39 is 0 Å². The van der Waals surface area contributed by atoms with Gasteiger partial charge in [-0.25, -0.2) is 4.98 Å². The predicted molar refractivity (Wildman–Crippen MR) is 125 cm³/mol. The number of nitrogens with one attached hydrogen (secondary N) is 2. The van der Waals surface area contributed by atoms with E-state index >= 15 is 0 Å². The van der Waals surface area contributed by atoms with Gasteiger partial charge in [-0.15, -0.1) is 0 Å². The van der Waals surface area contributed by atoms with Gasteiger partial charge in [-0.2, -0.15) is 4.98 Å². The lowest BCUT2D eigenvalue weighted by Gasteiger charge is -2.20. The highest BCUT2D eigenvalue weighted by atomic mass is 35.5. The van der Waals surface area contributed by atoms with Gasteiger partial charge in [0, 0.05) is 37.6 Å². The fourth-order valence-corrected chi connectivity index (χ4v) is 3.37. The van der Waals surface area contributed by atoms with E-state index in [1.165, 1.54) is 0 Å². The van der Waals surface area contributed by atoms with Gasteiger partial charge in [0.1, 0.15) is 5.82 Å². The van der Waals surface area contributed by atoms with Crippen LogP contribution in [0.5, 0.6) is 0 Å². The first-order valence-electron chi connectivity index (χ1n) is 10.2. The van der Waals surface area contributed by atoms with Crippen LogP contribution in [-0.4, -0.2) is 51.6 Å². The molecule has 0 aliphatic carbocycles. The highest BCUT2D eigenvalue weighted by Gasteiger charge is 2.12. The molecule has 0 fully saturated rings. The molecular weight excluding hydrogens is 426 g/mol. The van der Waals surface area contributed by atoms with Crippen molar-refractivity contribution >= 4 is 17.6 Å². The number of rotatable bonds is 7. The second kappa shape index (κ2) is 10.1. The smallest absolute Gasteiger partial charge is 0.228 e. The number of nitrogens with zero attached hydrogens (tertiary/aromatic N) is 5. The summed E-state index contributed by atoms with van der Waals surface area (Å²) in [5.74, 6) is 2.71. The SMILES string of the molecule is CN=C(NCCc1nc(-c2ccc(Cl)cc2)no1)N(C)Cc1ncc(-c2ccccc2)[nH]1. The van der Waals surface area contributed by atoms with Gasteiger partial charge in [0.2, 0.25) is 11.7 Å². The van der Waals surface area contributed by atoms with Crippen LogP contribution in [0.4, 0.5) is 0 Å². The summed E-state index contributed by atoms with van der Waals surface area (Å²) in [6.07, 6.45) is 2.43. The molecule has 9 heteroatoms. The minimum Gasteiger partial charge on any atom is -0.356 e. The van der Waals surface area contributed by atoms with E-state index in [1.807, 2.05) is 48.5 Å². The average Bonchev–Trinajstić information content (AvgIpc) is 3.48. The van der Waals surface area contributed by atoms with E-state index in [0.29, 0.717) is 36.2 Å². The number of guanidine groups is 1. The van der Waals surface area contributed by atoms with Crippen molar-refractivity contribution in [1.29, 1.82) is 0 Å². The summed E-state index contributed by atoms with van der Waals surface area (Å²) in [7, 11) is 3.72. The topological polar surface area (TPSA) is 95.2 Å². The normalized spacial score (nSPS) is 11.5. The number of imidazole rings is 1. The van der Waals surface area contributed by atoms with Crippen molar-refractivity contribution in [1.82, 2.24) is 30.3 Å². The zero-order valence-corrected chi connectivity index (χ0v) is 18.7. The van der Waals surface area contributed by atoms with Crippen LogP contribution in [-0.2, 0) is 13.0 Å². The first-order chi connectivity index (χ1) is 15.6. The Labute approximate surface area is 191 Å². The molecule has 2 N–H and O–H groups in total. The number of aromatic nitrogens is 4. The third-order valence-electron chi connectivity index (χ3n) is 4.87. The third kappa shape index (κ3) is 5.33. The van der Waals surface area contributed by atoms with Crippen molar-refractivity contribution in [2.24, 2.45) is 4.99 Å². The Morgan fingerprint density at radius 2 is 1.91 bits per heavy atom. The number of aliphatic imine (C=N–C) groups is 1. The minimum atomic E-state index is 0.546. The average molecular weight is 450 g/mol. The molecule has 2 aromatic heterocycles. The maximum absolute atomic E-state index is 5.93. The summed E-state index contributed by atoms with van der Waals surface area (Å²) in [5.41, 5.74) is 2.96. The van der Waals surface area contributed by atoms with E-state index in [4.69, 9.17) is 16.1 Å². The Hall–Kier alpha value is -3.65. The lowest BCUT2D eigenvalue weighted by atomic mass is 10.2. The largest absolute Gasteiger partial charge is 0.356 e. The fraction of sp³-hybridized carbons (Fsp3) is 0.217. The molecule has 0 bridgehead atoms. The molecule has 0 aliphatic rings. The number of hydrogen-bond donors (Lipinski definition) is 2. The molecule has 32 heavy (non-hydrogen) atoms. The van der Waals surface area contributed by atoms with Gasteiger partial charge in [0.05, 0.1) is 18.4 Å². The monoisotopic (exact) mass is 449 g/mol. The molecule has 0 radical (unpaired) electrons. The van der Waals surface area contributed by atoms with Crippen molar-refractivity contribution in [3.63, 3.8) is 0 Å². The highest BCUT2D eigenvalue weighted by Crippen LogP contribution is 2.19. The standard InChI is InChI=1S/C23H24ClN7O/c1-25-23(31(2)15-20-27-14-19(28-20)16-6-4-3-5-7-16)26-13-12-21-29-22(30-32-21)17-8-10-18(24)11-9-17/h3-11,14H,12-13,15H2,1-2H3,(H,25,26)(H,27,28). The first kappa shape index (κ1) is 21.6. The maximum atomic E-state index is 5.93. The number of benzene rings is 2. The van der Waals surface area contributed by atoms with Crippen molar-refractivity contribution in [3.05, 3.63) is 77.5 Å². The Morgan fingerprint density at radius 3 is 2.66 bits per heavy atom. The van der Waals surface area contributed by atoms with Crippen LogP contribution < -0.4 is 5.32 Å². The van der Waals surface area contributed by atoms with Crippen LogP contribution in [0.15, 0.2) is 70.3 Å². The molecule has 0 amide bonds. The molecule has 0 atom stereocenters. The zero-order chi connectivity index (χ0) is 22.3. The van der Waals surface area contributed by atoms with Gasteiger partial charge in [0.25, 0.3) is 0 Å². The number of H-pyrrole nitrogens is 1. The maximum Gasteiger partial charge on any atom is 0.228 e. The van der Waals surface area contributed by atoms with E-state index in [1.54, 1.807) is 19.2 Å². The number of hydrogen-bond acceptors (Lipinski definition) is 5. The molecule has 4 rings (SSSR count). The van der Waals surface area contributed by atoms with Gasteiger partial charge in [-0.3, -0.25) is 4.99 Å². The second-order valence-electron chi connectivity index (χ2n) is 7.21. The van der Waals surface area contributed by atoms with Crippen molar-refractivity contribution < 1.29 is 4.52 Å². The number of halogens is 1. The Morgan fingerprint density at radius 1 is 1.12 bits per heavy atom. The first-order valence-corrected chi connectivity index (χ1v) is 10.6. The molecular formula is C23H24ClN7O. The Balaban J connectivity index is 1.29. The van der Waals surface area contributed by atoms with E-state index in [9.17, 15) is 0 Å². The summed E-state index contributed by atoms with van der Waals surface area (Å²) in [6.45, 7) is 1.19. The molecule has 164 valence electrons. The molecule has 0 unspecified atom stereocenters. The second-order valence-corrected chi connectivity index (χ2v) is 7.64.